The number of rotatable bonds is 10. The third-order valence-corrected chi connectivity index (χ3v) is 8.79. The number of aliphatic hydroxyl groups is 1. The number of thioether (sulfide) groups is 2. The fourth-order valence-corrected chi connectivity index (χ4v) is 7.08. The van der Waals surface area contributed by atoms with Crippen molar-refractivity contribution in [3.8, 4) is 0 Å². The molecule has 2 aliphatic rings. The number of ether oxygens (including phenoxy) is 1. The first-order valence-electron chi connectivity index (χ1n) is 11.4. The van der Waals surface area contributed by atoms with Crippen molar-refractivity contribution in [3.05, 3.63) is 0 Å². The van der Waals surface area contributed by atoms with Gasteiger partial charge < -0.3 is 25.4 Å². The number of nitrogens with one attached hydrogen (secondary N) is 3. The normalized spacial score (nSPS) is 20.1. The van der Waals surface area contributed by atoms with Gasteiger partial charge in [-0.3, -0.25) is 19.6 Å². The second-order valence-electron chi connectivity index (χ2n) is 9.31. The van der Waals surface area contributed by atoms with Crippen molar-refractivity contribution in [2.24, 2.45) is 0 Å². The number of amides is 4. The monoisotopic (exact) mass is 520 g/mol. The van der Waals surface area contributed by atoms with Crippen molar-refractivity contribution >= 4 is 47.3 Å². The van der Waals surface area contributed by atoms with Crippen LogP contribution in [-0.4, -0.2) is 92.0 Å². The Labute approximate surface area is 208 Å². The minimum absolute atomic E-state index is 0.208. The number of hydrogen-bond donors (Lipinski definition) is 5. The standard InChI is InChI=1S/C21H36N4O7S2/c1-20(2,3)32-19(30)23-14(12-26)18(29)25-13-21(33-9-10-34-21)11-15(25)17(28)22-8-6-4-5-7-16(27)24-31/h14-15,26,31H,4-13H2,1-3H3,(H,22,28)(H,23,30)(H,24,27)/t14-,15-/m0/s1. The average Bonchev–Trinajstić information content (AvgIpc) is 3.39. The van der Waals surface area contributed by atoms with E-state index in [1.54, 1.807) is 49.8 Å². The van der Waals surface area contributed by atoms with E-state index in [2.05, 4.69) is 10.6 Å². The lowest BCUT2D eigenvalue weighted by Crippen LogP contribution is -2.55. The molecule has 194 valence electrons. The number of carbonyl (C=O) groups is 4. The lowest BCUT2D eigenvalue weighted by Gasteiger charge is -2.29. The predicted octanol–water partition coefficient (Wildman–Crippen LogP) is 0.831. The predicted molar refractivity (Wildman–Crippen MR) is 129 cm³/mol. The first kappa shape index (κ1) is 28.5. The van der Waals surface area contributed by atoms with Gasteiger partial charge in [-0.25, -0.2) is 10.3 Å². The van der Waals surface area contributed by atoms with Crippen molar-refractivity contribution in [2.45, 2.75) is 74.6 Å². The highest BCUT2D eigenvalue weighted by Crippen LogP contribution is 2.51. The molecule has 0 bridgehead atoms. The molecule has 0 aliphatic carbocycles. The molecular formula is C21H36N4O7S2. The molecule has 0 aromatic carbocycles. The number of carbonyl (C=O) groups excluding carboxylic acids is 4. The molecule has 0 saturated carbocycles. The largest absolute Gasteiger partial charge is 0.444 e. The Kier molecular flexibility index (Phi) is 10.8. The number of unbranched alkanes of at least 4 members (excludes halogenated alkanes) is 2. The Hall–Kier alpha value is -1.70. The number of likely N-dealkylation sites (tertiary alicyclic amines) is 1. The van der Waals surface area contributed by atoms with E-state index in [1.807, 2.05) is 0 Å². The molecule has 11 nitrogen and oxygen atoms in total. The molecule has 2 saturated heterocycles. The summed E-state index contributed by atoms with van der Waals surface area (Å²) in [5.41, 5.74) is 0.827. The van der Waals surface area contributed by atoms with Gasteiger partial charge in [0.25, 0.3) is 0 Å². The molecule has 1 spiro atoms. The maximum absolute atomic E-state index is 13.3. The van der Waals surface area contributed by atoms with Crippen LogP contribution in [0.5, 0.6) is 0 Å². The zero-order chi connectivity index (χ0) is 25.4. The Morgan fingerprint density at radius 3 is 2.41 bits per heavy atom. The molecule has 0 unspecified atom stereocenters. The van der Waals surface area contributed by atoms with Crippen LogP contribution in [0.15, 0.2) is 0 Å². The summed E-state index contributed by atoms with van der Waals surface area (Å²) in [6, 6.07) is -1.92. The van der Waals surface area contributed by atoms with E-state index in [4.69, 9.17) is 9.94 Å². The van der Waals surface area contributed by atoms with Gasteiger partial charge in [-0.15, -0.1) is 23.5 Å². The Bertz CT molecular complexity index is 741. The van der Waals surface area contributed by atoms with Gasteiger partial charge in [-0.2, -0.15) is 0 Å². The van der Waals surface area contributed by atoms with Crippen LogP contribution >= 0.6 is 23.5 Å². The lowest BCUT2D eigenvalue weighted by atomic mass is 10.1. The van der Waals surface area contributed by atoms with Crippen LogP contribution in [0.2, 0.25) is 0 Å². The Morgan fingerprint density at radius 2 is 1.82 bits per heavy atom. The minimum Gasteiger partial charge on any atom is -0.444 e. The highest BCUT2D eigenvalue weighted by molar-refractivity contribution is 8.21. The van der Waals surface area contributed by atoms with E-state index in [1.165, 1.54) is 4.90 Å². The molecule has 0 radical (unpaired) electrons. The minimum atomic E-state index is -1.21. The topological polar surface area (TPSA) is 157 Å². The van der Waals surface area contributed by atoms with Crippen molar-refractivity contribution in [1.29, 1.82) is 0 Å². The van der Waals surface area contributed by atoms with Crippen LogP contribution in [0.4, 0.5) is 4.79 Å². The van der Waals surface area contributed by atoms with Crippen LogP contribution in [0.1, 0.15) is 52.9 Å². The van der Waals surface area contributed by atoms with Crippen molar-refractivity contribution in [1.82, 2.24) is 21.0 Å². The van der Waals surface area contributed by atoms with E-state index >= 15 is 0 Å². The molecule has 0 aromatic rings. The first-order valence-corrected chi connectivity index (χ1v) is 13.4. The highest BCUT2D eigenvalue weighted by Gasteiger charge is 2.52. The van der Waals surface area contributed by atoms with Gasteiger partial charge in [-0.1, -0.05) is 6.42 Å². The summed E-state index contributed by atoms with van der Waals surface area (Å²) in [5, 5.41) is 23.6. The smallest absolute Gasteiger partial charge is 0.408 e. The number of hydrogen-bond acceptors (Lipinski definition) is 9. The fraction of sp³-hybridized carbons (Fsp3) is 0.810. The van der Waals surface area contributed by atoms with Gasteiger partial charge in [0.05, 0.1) is 10.7 Å². The molecule has 0 aromatic heterocycles. The molecule has 2 heterocycles. The van der Waals surface area contributed by atoms with Crippen LogP contribution < -0.4 is 16.1 Å². The molecule has 2 rings (SSSR count). The van der Waals surface area contributed by atoms with Crippen LogP contribution in [-0.2, 0) is 19.1 Å². The van der Waals surface area contributed by atoms with Crippen molar-refractivity contribution in [3.63, 3.8) is 0 Å². The summed E-state index contributed by atoms with van der Waals surface area (Å²) in [6.45, 7) is 5.22. The molecule has 2 atom stereocenters. The summed E-state index contributed by atoms with van der Waals surface area (Å²) in [5.74, 6) is 0.623. The van der Waals surface area contributed by atoms with E-state index in [0.717, 1.165) is 11.5 Å². The molecule has 34 heavy (non-hydrogen) atoms. The molecule has 13 heteroatoms. The molecular weight excluding hydrogens is 484 g/mol. The SMILES string of the molecule is CC(C)(C)OC(=O)N[C@@H](CO)C(=O)N1CC2(C[C@H]1C(=O)NCCCCCC(=O)NO)SCCS2. The van der Waals surface area contributed by atoms with Crippen LogP contribution in [0.25, 0.3) is 0 Å². The van der Waals surface area contributed by atoms with Gasteiger partial charge in [-0.05, 0) is 33.6 Å². The van der Waals surface area contributed by atoms with E-state index in [-0.39, 0.29) is 16.4 Å². The second-order valence-corrected chi connectivity index (χ2v) is 12.5. The first-order chi connectivity index (χ1) is 16.0. The van der Waals surface area contributed by atoms with Gasteiger partial charge >= 0.3 is 6.09 Å². The summed E-state index contributed by atoms with van der Waals surface area (Å²) >= 11 is 3.46. The number of alkyl carbamates (subject to hydrolysis) is 1. The van der Waals surface area contributed by atoms with Crippen molar-refractivity contribution < 1.29 is 34.2 Å². The number of hydroxylamine groups is 1. The molecule has 5 N–H and O–H groups in total. The average molecular weight is 521 g/mol. The van der Waals surface area contributed by atoms with Gasteiger partial charge in [0.2, 0.25) is 17.7 Å². The fourth-order valence-electron chi connectivity index (χ4n) is 3.82. The third-order valence-electron chi connectivity index (χ3n) is 5.37. The van der Waals surface area contributed by atoms with Crippen molar-refractivity contribution in [2.75, 3.05) is 31.2 Å². The van der Waals surface area contributed by atoms with Gasteiger partial charge in [0.1, 0.15) is 17.7 Å². The van der Waals surface area contributed by atoms with E-state index < -0.39 is 42.2 Å². The Morgan fingerprint density at radius 1 is 1.15 bits per heavy atom. The second kappa shape index (κ2) is 12.8. The summed E-state index contributed by atoms with van der Waals surface area (Å²) < 4.78 is 4.92. The maximum Gasteiger partial charge on any atom is 0.408 e. The molecule has 2 aliphatic heterocycles. The van der Waals surface area contributed by atoms with Gasteiger partial charge in [0.15, 0.2) is 0 Å². The highest BCUT2D eigenvalue weighted by atomic mass is 32.2. The zero-order valence-electron chi connectivity index (χ0n) is 19.9. The Balaban J connectivity index is 1.98. The maximum atomic E-state index is 13.3. The molecule has 2 fully saturated rings. The zero-order valence-corrected chi connectivity index (χ0v) is 21.6. The summed E-state index contributed by atoms with van der Waals surface area (Å²) in [4.78, 5) is 51.0. The number of nitrogens with zero attached hydrogens (tertiary/aromatic N) is 1. The lowest BCUT2D eigenvalue weighted by molar-refractivity contribution is -0.140. The third kappa shape index (κ3) is 8.51. The quantitative estimate of drug-likeness (QED) is 0.160. The number of aliphatic hydroxyl groups excluding tert-OH is 1. The van der Waals surface area contributed by atoms with E-state index in [9.17, 15) is 24.3 Å². The van der Waals surface area contributed by atoms with Crippen LogP contribution in [0, 0.1) is 0 Å². The van der Waals surface area contributed by atoms with E-state index in [0.29, 0.717) is 38.8 Å². The summed E-state index contributed by atoms with van der Waals surface area (Å²) in [6.07, 6.45) is 1.82. The van der Waals surface area contributed by atoms with Gasteiger partial charge in [0, 0.05) is 37.4 Å². The van der Waals surface area contributed by atoms with Crippen LogP contribution in [0.3, 0.4) is 0 Å². The summed E-state index contributed by atoms with van der Waals surface area (Å²) in [7, 11) is 0. The molecule has 4 amide bonds.